The first-order valence-corrected chi connectivity index (χ1v) is 6.71. The van der Waals surface area contributed by atoms with E-state index >= 15 is 0 Å². The molecule has 2 aliphatic rings. The van der Waals surface area contributed by atoms with Crippen LogP contribution in [0.3, 0.4) is 0 Å². The van der Waals surface area contributed by atoms with Gasteiger partial charge < -0.3 is 9.47 Å². The number of ether oxygens (including phenoxy) is 2. The van der Waals surface area contributed by atoms with Gasteiger partial charge in [0.25, 0.3) is 0 Å². The molecule has 1 fully saturated rings. The molecule has 3 rings (SSSR count). The molecule has 0 saturated carbocycles. The summed E-state index contributed by atoms with van der Waals surface area (Å²) in [4.78, 5) is 0. The minimum absolute atomic E-state index is 0.0800. The van der Waals surface area contributed by atoms with Gasteiger partial charge in [-0.1, -0.05) is 32.0 Å². The third-order valence-electron chi connectivity index (χ3n) is 4.18. The highest BCUT2D eigenvalue weighted by molar-refractivity contribution is 5.47. The van der Waals surface area contributed by atoms with Crippen molar-refractivity contribution in [2.45, 2.75) is 43.9 Å². The Morgan fingerprint density at radius 2 is 1.95 bits per heavy atom. The number of epoxide rings is 1. The molecule has 2 aliphatic heterocycles. The fourth-order valence-electron chi connectivity index (χ4n) is 3.01. The summed E-state index contributed by atoms with van der Waals surface area (Å²) in [6.07, 6.45) is -3.58. The van der Waals surface area contributed by atoms with Crippen molar-refractivity contribution in [3.05, 3.63) is 29.3 Å². The van der Waals surface area contributed by atoms with Gasteiger partial charge >= 0.3 is 6.18 Å². The molecule has 1 atom stereocenters. The molecule has 0 spiro atoms. The fourth-order valence-corrected chi connectivity index (χ4v) is 3.01. The first-order chi connectivity index (χ1) is 9.25. The second-order valence-electron chi connectivity index (χ2n) is 6.23. The third-order valence-corrected chi connectivity index (χ3v) is 4.18. The van der Waals surface area contributed by atoms with Crippen molar-refractivity contribution in [1.82, 2.24) is 0 Å². The van der Waals surface area contributed by atoms with Crippen LogP contribution in [0.1, 0.15) is 31.4 Å². The molecule has 1 aromatic rings. The van der Waals surface area contributed by atoms with Crippen LogP contribution in [0.15, 0.2) is 18.2 Å². The Kier molecular flexibility index (Phi) is 2.84. The SMILES string of the molecule is CC(C)(CC1(C(F)(F)F)CO1)c1cccc2c1OCC2. The molecule has 0 amide bonds. The summed E-state index contributed by atoms with van der Waals surface area (Å²) in [5.41, 5.74) is -0.709. The van der Waals surface area contributed by atoms with E-state index in [1.165, 1.54) is 0 Å². The van der Waals surface area contributed by atoms with Crippen LogP contribution in [-0.2, 0) is 16.6 Å². The maximum Gasteiger partial charge on any atom is 0.419 e. The Labute approximate surface area is 115 Å². The lowest BCUT2D eigenvalue weighted by Gasteiger charge is -2.30. The molecular weight excluding hydrogens is 269 g/mol. The van der Waals surface area contributed by atoms with Gasteiger partial charge in [-0.25, -0.2) is 0 Å². The number of halogens is 3. The number of para-hydroxylation sites is 1. The average molecular weight is 286 g/mol. The predicted molar refractivity (Wildman–Crippen MR) is 68.0 cm³/mol. The molecule has 1 aromatic carbocycles. The maximum absolute atomic E-state index is 13.1. The summed E-state index contributed by atoms with van der Waals surface area (Å²) in [6, 6.07) is 5.71. The highest BCUT2D eigenvalue weighted by atomic mass is 19.4. The van der Waals surface area contributed by atoms with Crippen molar-refractivity contribution in [3.8, 4) is 5.75 Å². The van der Waals surface area contributed by atoms with E-state index in [1.54, 1.807) is 0 Å². The number of rotatable bonds is 3. The van der Waals surface area contributed by atoms with Gasteiger partial charge in [-0.15, -0.1) is 0 Å². The van der Waals surface area contributed by atoms with Gasteiger partial charge in [-0.3, -0.25) is 0 Å². The quantitative estimate of drug-likeness (QED) is 0.792. The van der Waals surface area contributed by atoms with Crippen molar-refractivity contribution in [3.63, 3.8) is 0 Å². The molecule has 0 aromatic heterocycles. The van der Waals surface area contributed by atoms with Gasteiger partial charge in [0.15, 0.2) is 5.60 Å². The van der Waals surface area contributed by atoms with E-state index in [9.17, 15) is 13.2 Å². The number of hydrogen-bond donors (Lipinski definition) is 0. The molecule has 5 heteroatoms. The highest BCUT2D eigenvalue weighted by Crippen LogP contribution is 2.52. The van der Waals surface area contributed by atoms with Crippen LogP contribution in [0.2, 0.25) is 0 Å². The Balaban J connectivity index is 1.92. The van der Waals surface area contributed by atoms with E-state index in [0.29, 0.717) is 6.61 Å². The Bertz CT molecular complexity index is 530. The van der Waals surface area contributed by atoms with Gasteiger partial charge in [0.05, 0.1) is 13.2 Å². The zero-order valence-electron chi connectivity index (χ0n) is 11.5. The second-order valence-corrected chi connectivity index (χ2v) is 6.23. The Hall–Kier alpha value is -1.23. The van der Waals surface area contributed by atoms with Gasteiger partial charge in [0.2, 0.25) is 0 Å². The van der Waals surface area contributed by atoms with Crippen LogP contribution < -0.4 is 4.74 Å². The van der Waals surface area contributed by atoms with Crippen molar-refractivity contribution < 1.29 is 22.6 Å². The van der Waals surface area contributed by atoms with Gasteiger partial charge in [-0.05, 0) is 17.4 Å². The predicted octanol–water partition coefficient (Wildman–Crippen LogP) is 3.62. The molecule has 0 aliphatic carbocycles. The zero-order chi connectivity index (χ0) is 14.6. The first-order valence-electron chi connectivity index (χ1n) is 6.71. The fraction of sp³-hybridized carbons (Fsp3) is 0.600. The van der Waals surface area contributed by atoms with Crippen LogP contribution in [0.25, 0.3) is 0 Å². The lowest BCUT2D eigenvalue weighted by Crippen LogP contribution is -2.39. The summed E-state index contributed by atoms with van der Waals surface area (Å²) in [5, 5.41) is 0. The molecule has 0 bridgehead atoms. The maximum atomic E-state index is 13.1. The van der Waals surface area contributed by atoms with E-state index in [4.69, 9.17) is 9.47 Å². The van der Waals surface area contributed by atoms with Crippen LogP contribution in [-0.4, -0.2) is 25.0 Å². The highest BCUT2D eigenvalue weighted by Gasteiger charge is 2.67. The molecule has 1 saturated heterocycles. The smallest absolute Gasteiger partial charge is 0.419 e. The molecular formula is C15H17F3O2. The lowest BCUT2D eigenvalue weighted by atomic mass is 9.76. The first kappa shape index (κ1) is 13.7. The molecule has 2 heterocycles. The summed E-state index contributed by atoms with van der Waals surface area (Å²) in [5.74, 6) is 0.760. The van der Waals surface area contributed by atoms with E-state index in [1.807, 2.05) is 32.0 Å². The number of benzene rings is 1. The van der Waals surface area contributed by atoms with E-state index in [-0.39, 0.29) is 13.0 Å². The van der Waals surface area contributed by atoms with Gasteiger partial charge in [-0.2, -0.15) is 13.2 Å². The number of hydrogen-bond acceptors (Lipinski definition) is 2. The third kappa shape index (κ3) is 2.08. The van der Waals surface area contributed by atoms with E-state index in [0.717, 1.165) is 23.3 Å². The summed E-state index contributed by atoms with van der Waals surface area (Å²) in [6.45, 7) is 4.00. The average Bonchev–Trinajstić information content (AvgIpc) is 2.97. The Morgan fingerprint density at radius 1 is 1.25 bits per heavy atom. The van der Waals surface area contributed by atoms with Crippen molar-refractivity contribution in [1.29, 1.82) is 0 Å². The number of fused-ring (bicyclic) bond motifs is 1. The monoisotopic (exact) mass is 286 g/mol. The van der Waals surface area contributed by atoms with Crippen molar-refractivity contribution in [2.75, 3.05) is 13.2 Å². The van der Waals surface area contributed by atoms with Crippen LogP contribution in [0.5, 0.6) is 5.75 Å². The largest absolute Gasteiger partial charge is 0.493 e. The molecule has 110 valence electrons. The Morgan fingerprint density at radius 3 is 2.55 bits per heavy atom. The van der Waals surface area contributed by atoms with Crippen LogP contribution >= 0.6 is 0 Å². The van der Waals surface area contributed by atoms with E-state index < -0.39 is 17.2 Å². The van der Waals surface area contributed by atoms with Crippen molar-refractivity contribution >= 4 is 0 Å². The number of alkyl halides is 3. The van der Waals surface area contributed by atoms with Crippen molar-refractivity contribution in [2.24, 2.45) is 0 Å². The summed E-state index contributed by atoms with van der Waals surface area (Å²) >= 11 is 0. The molecule has 2 nitrogen and oxygen atoms in total. The minimum atomic E-state index is -4.32. The van der Waals surface area contributed by atoms with Gasteiger partial charge in [0.1, 0.15) is 5.75 Å². The summed E-state index contributed by atoms with van der Waals surface area (Å²) in [7, 11) is 0. The van der Waals surface area contributed by atoms with E-state index in [2.05, 4.69) is 0 Å². The minimum Gasteiger partial charge on any atom is -0.493 e. The van der Waals surface area contributed by atoms with Crippen LogP contribution in [0, 0.1) is 0 Å². The van der Waals surface area contributed by atoms with Crippen LogP contribution in [0.4, 0.5) is 13.2 Å². The molecule has 1 unspecified atom stereocenters. The zero-order valence-corrected chi connectivity index (χ0v) is 11.5. The summed E-state index contributed by atoms with van der Waals surface area (Å²) < 4.78 is 49.6. The lowest BCUT2D eigenvalue weighted by molar-refractivity contribution is -0.188. The standard InChI is InChI=1S/C15H17F3O2/c1-13(2,8-14(9-20-14)15(16,17)18)11-5-3-4-10-6-7-19-12(10)11/h3-5H,6-9H2,1-2H3. The second kappa shape index (κ2) is 4.13. The molecule has 20 heavy (non-hydrogen) atoms. The normalized spacial score (nSPS) is 25.2. The molecule has 0 N–H and O–H groups in total. The molecule has 0 radical (unpaired) electrons. The van der Waals surface area contributed by atoms with Gasteiger partial charge in [0, 0.05) is 12.0 Å². The topological polar surface area (TPSA) is 21.8 Å².